The van der Waals surface area contributed by atoms with Crippen molar-refractivity contribution in [3.8, 4) is 11.5 Å². The van der Waals surface area contributed by atoms with E-state index in [4.69, 9.17) is 16.3 Å². The number of nitrogens with one attached hydrogen (secondary N) is 1. The lowest BCUT2D eigenvalue weighted by Gasteiger charge is -2.06. The van der Waals surface area contributed by atoms with Crippen LogP contribution in [0, 0.1) is 0 Å². The van der Waals surface area contributed by atoms with Gasteiger partial charge >= 0.3 is 6.09 Å². The number of amides is 1. The van der Waals surface area contributed by atoms with Crippen molar-refractivity contribution in [1.82, 2.24) is 4.98 Å². The van der Waals surface area contributed by atoms with Crippen LogP contribution in [-0.2, 0) is 4.74 Å². The molecule has 3 rings (SSSR count). The maximum atomic E-state index is 11.3. The van der Waals surface area contributed by atoms with Gasteiger partial charge in [-0.25, -0.2) is 4.79 Å². The smallest absolute Gasteiger partial charge is 0.411 e. The first kappa shape index (κ1) is 14.6. The summed E-state index contributed by atoms with van der Waals surface area (Å²) in [6.45, 7) is 0. The number of hydrogen-bond donors (Lipinski definition) is 1. The van der Waals surface area contributed by atoms with Gasteiger partial charge in [0, 0.05) is 16.6 Å². The summed E-state index contributed by atoms with van der Waals surface area (Å²) in [4.78, 5) is 15.4. The monoisotopic (exact) mass is 334 g/mol. The van der Waals surface area contributed by atoms with E-state index in [9.17, 15) is 4.79 Å². The number of ether oxygens (including phenoxy) is 2. The second-order valence-electron chi connectivity index (χ2n) is 4.33. The quantitative estimate of drug-likeness (QED) is 0.738. The number of methoxy groups -OCH3 is 1. The van der Waals surface area contributed by atoms with Crippen molar-refractivity contribution in [3.05, 3.63) is 47.7 Å². The molecule has 0 saturated carbocycles. The third-order valence-electron chi connectivity index (χ3n) is 2.86. The average molecular weight is 335 g/mol. The molecule has 7 heteroatoms. The fourth-order valence-electron chi connectivity index (χ4n) is 1.86. The van der Waals surface area contributed by atoms with Gasteiger partial charge in [0.2, 0.25) is 0 Å². The molecule has 0 bridgehead atoms. The third-order valence-corrected chi connectivity index (χ3v) is 4.10. The van der Waals surface area contributed by atoms with Crippen LogP contribution in [0.4, 0.5) is 9.80 Å². The van der Waals surface area contributed by atoms with E-state index in [1.165, 1.54) is 18.4 Å². The Morgan fingerprint density at radius 3 is 2.77 bits per heavy atom. The topological polar surface area (TPSA) is 60.5 Å². The maximum absolute atomic E-state index is 11.3. The summed E-state index contributed by atoms with van der Waals surface area (Å²) < 4.78 is 11.3. The third kappa shape index (κ3) is 3.13. The van der Waals surface area contributed by atoms with Crippen LogP contribution in [0.15, 0.2) is 42.7 Å². The van der Waals surface area contributed by atoms with Gasteiger partial charge < -0.3 is 9.47 Å². The number of rotatable bonds is 3. The summed E-state index contributed by atoms with van der Waals surface area (Å²) in [6.07, 6.45) is 2.84. The van der Waals surface area contributed by atoms with Crippen molar-refractivity contribution < 1.29 is 14.3 Å². The Labute approximate surface area is 135 Å². The zero-order valence-corrected chi connectivity index (χ0v) is 13.1. The van der Waals surface area contributed by atoms with Crippen LogP contribution in [0.25, 0.3) is 10.1 Å². The Hall–Kier alpha value is -2.31. The highest BCUT2D eigenvalue weighted by molar-refractivity contribution is 7.23. The molecule has 0 radical (unpaired) electrons. The molecule has 112 valence electrons. The zero-order valence-electron chi connectivity index (χ0n) is 11.5. The van der Waals surface area contributed by atoms with Gasteiger partial charge in [-0.05, 0) is 30.3 Å². The molecule has 0 unspecified atom stereocenters. The van der Waals surface area contributed by atoms with Gasteiger partial charge in [0.05, 0.1) is 23.0 Å². The summed E-state index contributed by atoms with van der Waals surface area (Å²) in [5.74, 6) is 1.27. The number of carbonyl (C=O) groups excluding carboxylic acids is 1. The number of thiophene rings is 1. The molecular formula is C15H11ClN2O3S. The first-order valence-corrected chi connectivity index (χ1v) is 7.51. The molecule has 0 fully saturated rings. The van der Waals surface area contributed by atoms with E-state index in [1.807, 2.05) is 6.07 Å². The first-order chi connectivity index (χ1) is 10.7. The summed E-state index contributed by atoms with van der Waals surface area (Å²) in [5, 5.41) is 4.80. The fraction of sp³-hybridized carbons (Fsp3) is 0.0667. The second kappa shape index (κ2) is 6.21. The van der Waals surface area contributed by atoms with E-state index in [-0.39, 0.29) is 0 Å². The molecule has 3 aromatic rings. The van der Waals surface area contributed by atoms with E-state index < -0.39 is 6.09 Å². The molecule has 2 heterocycles. The largest absolute Gasteiger partial charge is 0.455 e. The number of anilines is 1. The van der Waals surface area contributed by atoms with Crippen LogP contribution in [-0.4, -0.2) is 18.2 Å². The minimum atomic E-state index is -0.514. The van der Waals surface area contributed by atoms with Crippen LogP contribution in [0.1, 0.15) is 0 Å². The Bertz CT molecular complexity index is 817. The number of carbonyl (C=O) groups is 1. The van der Waals surface area contributed by atoms with E-state index >= 15 is 0 Å². The predicted octanol–water partition coefficient (Wildman–Crippen LogP) is 4.92. The number of halogens is 1. The molecule has 0 spiro atoms. The van der Waals surface area contributed by atoms with Crippen molar-refractivity contribution in [3.63, 3.8) is 0 Å². The second-order valence-corrected chi connectivity index (χ2v) is 5.85. The Morgan fingerprint density at radius 1 is 1.27 bits per heavy atom. The average Bonchev–Trinajstić information content (AvgIpc) is 2.93. The molecule has 1 aromatic carbocycles. The number of fused-ring (bicyclic) bond motifs is 1. The van der Waals surface area contributed by atoms with Gasteiger partial charge in [-0.3, -0.25) is 10.3 Å². The summed E-state index contributed by atoms with van der Waals surface area (Å²) in [7, 11) is 1.32. The number of benzene rings is 1. The van der Waals surface area contributed by atoms with Crippen LogP contribution in [0.5, 0.6) is 11.5 Å². The highest BCUT2D eigenvalue weighted by Gasteiger charge is 2.11. The van der Waals surface area contributed by atoms with E-state index in [0.29, 0.717) is 21.5 Å². The van der Waals surface area contributed by atoms with Gasteiger partial charge in [-0.15, -0.1) is 11.3 Å². The van der Waals surface area contributed by atoms with Crippen molar-refractivity contribution in [2.45, 2.75) is 0 Å². The summed E-state index contributed by atoms with van der Waals surface area (Å²) in [5.41, 5.74) is 0. The number of aromatic nitrogens is 1. The molecule has 1 amide bonds. The Kier molecular flexibility index (Phi) is 4.13. The van der Waals surface area contributed by atoms with Gasteiger partial charge in [0.15, 0.2) is 5.75 Å². The molecule has 2 aromatic heterocycles. The number of hydrogen-bond acceptors (Lipinski definition) is 5. The van der Waals surface area contributed by atoms with Crippen molar-refractivity contribution in [2.24, 2.45) is 0 Å². The van der Waals surface area contributed by atoms with Crippen LogP contribution in [0.3, 0.4) is 0 Å². The lowest BCUT2D eigenvalue weighted by Crippen LogP contribution is -2.09. The fourth-order valence-corrected chi connectivity index (χ4v) is 2.92. The highest BCUT2D eigenvalue weighted by Crippen LogP contribution is 2.36. The highest BCUT2D eigenvalue weighted by atomic mass is 35.5. The Balaban J connectivity index is 1.92. The predicted molar refractivity (Wildman–Crippen MR) is 87.2 cm³/mol. The van der Waals surface area contributed by atoms with E-state index in [0.717, 1.165) is 10.1 Å². The van der Waals surface area contributed by atoms with Gasteiger partial charge in [-0.2, -0.15) is 0 Å². The molecule has 0 saturated heterocycles. The van der Waals surface area contributed by atoms with Gasteiger partial charge in [0.1, 0.15) is 5.75 Å². The first-order valence-electron chi connectivity index (χ1n) is 6.31. The van der Waals surface area contributed by atoms with Crippen molar-refractivity contribution in [2.75, 3.05) is 12.4 Å². The number of nitrogens with zero attached hydrogens (tertiary/aromatic N) is 1. The van der Waals surface area contributed by atoms with Crippen LogP contribution >= 0.6 is 22.9 Å². The molecule has 5 nitrogen and oxygen atoms in total. The van der Waals surface area contributed by atoms with Crippen LogP contribution < -0.4 is 10.1 Å². The zero-order chi connectivity index (χ0) is 15.5. The van der Waals surface area contributed by atoms with Crippen molar-refractivity contribution in [1.29, 1.82) is 0 Å². The normalized spacial score (nSPS) is 10.5. The molecule has 1 N–H and O–H groups in total. The number of pyridine rings is 1. The summed E-state index contributed by atoms with van der Waals surface area (Å²) >= 11 is 7.25. The van der Waals surface area contributed by atoms with Gasteiger partial charge in [-0.1, -0.05) is 11.6 Å². The van der Waals surface area contributed by atoms with E-state index in [2.05, 4.69) is 15.0 Å². The minimum Gasteiger partial charge on any atom is -0.455 e. The molecule has 0 aliphatic heterocycles. The van der Waals surface area contributed by atoms with Crippen LogP contribution in [0.2, 0.25) is 5.02 Å². The maximum Gasteiger partial charge on any atom is 0.411 e. The van der Waals surface area contributed by atoms with Crippen molar-refractivity contribution >= 4 is 44.1 Å². The standard InChI is InChI=1S/C15H11ClN2O3S/c1-20-15(19)18-14-6-11-12(7-17-8-13(11)22-14)21-10-4-2-9(16)3-5-10/h2-8H,1H3,(H,18,19). The lowest BCUT2D eigenvalue weighted by atomic mass is 10.3. The SMILES string of the molecule is COC(=O)Nc1cc2c(Oc3ccc(Cl)cc3)cncc2s1. The molecular weight excluding hydrogens is 324 g/mol. The Morgan fingerprint density at radius 2 is 2.05 bits per heavy atom. The lowest BCUT2D eigenvalue weighted by molar-refractivity contribution is 0.187. The summed E-state index contributed by atoms with van der Waals surface area (Å²) in [6, 6.07) is 8.89. The molecule has 22 heavy (non-hydrogen) atoms. The molecule has 0 atom stereocenters. The van der Waals surface area contributed by atoms with E-state index in [1.54, 1.807) is 36.7 Å². The van der Waals surface area contributed by atoms with Gasteiger partial charge in [0.25, 0.3) is 0 Å². The minimum absolute atomic E-state index is 0.514. The molecule has 0 aliphatic rings. The molecule has 0 aliphatic carbocycles.